The molecule has 1 saturated heterocycles. The van der Waals surface area contributed by atoms with Gasteiger partial charge >= 0.3 is 0 Å². The van der Waals surface area contributed by atoms with Gasteiger partial charge in [-0.1, -0.05) is 12.5 Å². The fourth-order valence-corrected chi connectivity index (χ4v) is 4.56. The summed E-state index contributed by atoms with van der Waals surface area (Å²) in [6.07, 6.45) is 9.15. The quantitative estimate of drug-likeness (QED) is 0.550. The van der Waals surface area contributed by atoms with Crippen LogP contribution in [0, 0.1) is 13.8 Å². The lowest BCUT2D eigenvalue weighted by molar-refractivity contribution is 0.137. The van der Waals surface area contributed by atoms with Crippen LogP contribution in [0.15, 0.2) is 42.9 Å². The molecule has 168 valence electrons. The topological polar surface area (TPSA) is 54.4 Å². The third kappa shape index (κ3) is 4.46. The van der Waals surface area contributed by atoms with Gasteiger partial charge in [0.2, 0.25) is 5.95 Å². The maximum absolute atomic E-state index is 5.52. The Labute approximate surface area is 191 Å². The van der Waals surface area contributed by atoms with Gasteiger partial charge in [0.05, 0.1) is 18.8 Å². The molecule has 0 radical (unpaired) electrons. The number of anilines is 1. The van der Waals surface area contributed by atoms with Crippen molar-refractivity contribution in [3.8, 4) is 16.9 Å². The van der Waals surface area contributed by atoms with Crippen molar-refractivity contribution in [3.05, 3.63) is 65.2 Å². The number of pyridine rings is 1. The second-order valence-electron chi connectivity index (χ2n) is 8.76. The van der Waals surface area contributed by atoms with Gasteiger partial charge in [-0.2, -0.15) is 0 Å². The van der Waals surface area contributed by atoms with Crippen LogP contribution in [-0.2, 0) is 6.54 Å². The highest BCUT2D eigenvalue weighted by Crippen LogP contribution is 2.37. The molecule has 1 atom stereocenters. The smallest absolute Gasteiger partial charge is 0.225 e. The van der Waals surface area contributed by atoms with Gasteiger partial charge in [-0.05, 0) is 73.7 Å². The largest absolute Gasteiger partial charge is 0.496 e. The van der Waals surface area contributed by atoms with Crippen LogP contribution in [0.5, 0.6) is 5.75 Å². The Morgan fingerprint density at radius 2 is 1.84 bits per heavy atom. The first-order chi connectivity index (χ1) is 15.5. The highest BCUT2D eigenvalue weighted by atomic mass is 16.5. The maximum Gasteiger partial charge on any atom is 0.225 e. The number of hydrogen-bond acceptors (Lipinski definition) is 6. The van der Waals surface area contributed by atoms with Gasteiger partial charge in [-0.25, -0.2) is 9.97 Å². The minimum absolute atomic E-state index is 0.246. The van der Waals surface area contributed by atoms with Gasteiger partial charge in [0, 0.05) is 44.8 Å². The zero-order valence-corrected chi connectivity index (χ0v) is 19.8. The van der Waals surface area contributed by atoms with Crippen molar-refractivity contribution in [3.63, 3.8) is 0 Å². The van der Waals surface area contributed by atoms with Crippen molar-refractivity contribution < 1.29 is 4.74 Å². The Bertz CT molecular complexity index is 1070. The lowest BCUT2D eigenvalue weighted by atomic mass is 9.93. The molecule has 4 rings (SSSR count). The van der Waals surface area contributed by atoms with Gasteiger partial charge in [-0.15, -0.1) is 0 Å². The summed E-state index contributed by atoms with van der Waals surface area (Å²) >= 11 is 0. The number of ether oxygens (including phenoxy) is 1. The molecule has 3 aromatic rings. The number of likely N-dealkylation sites (tertiary alicyclic amines) is 1. The molecule has 1 aromatic carbocycles. The van der Waals surface area contributed by atoms with E-state index in [0.29, 0.717) is 0 Å². The van der Waals surface area contributed by atoms with Gasteiger partial charge < -0.3 is 9.64 Å². The molecular formula is C26H33N5O. The fourth-order valence-electron chi connectivity index (χ4n) is 4.56. The van der Waals surface area contributed by atoms with Crippen LogP contribution in [0.25, 0.3) is 11.1 Å². The number of nitrogens with zero attached hydrogens (tertiary/aromatic N) is 5. The predicted octanol–water partition coefficient (Wildman–Crippen LogP) is 4.96. The van der Waals surface area contributed by atoms with E-state index in [1.807, 2.05) is 49.7 Å². The fraction of sp³-hybridized carbons (Fsp3) is 0.423. The third-order valence-electron chi connectivity index (χ3n) is 6.57. The summed E-state index contributed by atoms with van der Waals surface area (Å²) in [5, 5.41) is 0. The highest BCUT2D eigenvalue weighted by Gasteiger charge is 2.29. The average Bonchev–Trinajstić information content (AvgIpc) is 2.82. The number of piperidine rings is 1. The summed E-state index contributed by atoms with van der Waals surface area (Å²) in [7, 11) is 5.72. The van der Waals surface area contributed by atoms with E-state index in [2.05, 4.69) is 40.8 Å². The molecule has 0 bridgehead atoms. The number of rotatable bonds is 6. The van der Waals surface area contributed by atoms with Gasteiger partial charge in [0.25, 0.3) is 0 Å². The summed E-state index contributed by atoms with van der Waals surface area (Å²) in [6.45, 7) is 6.30. The molecule has 0 aliphatic carbocycles. The molecule has 1 unspecified atom stereocenters. The standard InChI is InChI=1S/C26H33N5O/c1-18-19(2)24(32-5)10-9-21(18)17-31-15-7-6-8-23(31)25-22(20-11-13-27-14-12-20)16-28-26(29-25)30(3)4/h9-14,16,23H,6-8,15,17H2,1-5H3. The van der Waals surface area contributed by atoms with Crippen LogP contribution in [0.2, 0.25) is 0 Å². The average molecular weight is 432 g/mol. The van der Waals surface area contributed by atoms with E-state index < -0.39 is 0 Å². The maximum atomic E-state index is 5.52. The first-order valence-corrected chi connectivity index (χ1v) is 11.3. The number of aromatic nitrogens is 3. The van der Waals surface area contributed by atoms with E-state index in [4.69, 9.17) is 9.72 Å². The molecule has 0 spiro atoms. The molecule has 2 aromatic heterocycles. The first kappa shape index (κ1) is 22.2. The van der Waals surface area contributed by atoms with Crippen molar-refractivity contribution in [1.82, 2.24) is 19.9 Å². The number of benzene rings is 1. The van der Waals surface area contributed by atoms with E-state index >= 15 is 0 Å². The minimum Gasteiger partial charge on any atom is -0.496 e. The van der Waals surface area contributed by atoms with Crippen molar-refractivity contribution in [1.29, 1.82) is 0 Å². The molecule has 0 saturated carbocycles. The van der Waals surface area contributed by atoms with Crippen LogP contribution in [0.4, 0.5) is 5.95 Å². The SMILES string of the molecule is COc1ccc(CN2CCCCC2c2nc(N(C)C)ncc2-c2ccncc2)c(C)c1C. The molecule has 0 N–H and O–H groups in total. The lowest BCUT2D eigenvalue weighted by Crippen LogP contribution is -2.34. The molecule has 32 heavy (non-hydrogen) atoms. The minimum atomic E-state index is 0.246. The monoisotopic (exact) mass is 431 g/mol. The number of hydrogen-bond donors (Lipinski definition) is 0. The molecule has 0 amide bonds. The predicted molar refractivity (Wildman–Crippen MR) is 129 cm³/mol. The van der Waals surface area contributed by atoms with E-state index in [0.717, 1.165) is 48.0 Å². The summed E-state index contributed by atoms with van der Waals surface area (Å²) in [5.41, 5.74) is 7.19. The van der Waals surface area contributed by atoms with Crippen LogP contribution < -0.4 is 9.64 Å². The summed E-state index contributed by atoms with van der Waals surface area (Å²) < 4.78 is 5.52. The van der Waals surface area contributed by atoms with Crippen molar-refractivity contribution in [2.24, 2.45) is 0 Å². The van der Waals surface area contributed by atoms with E-state index in [1.54, 1.807) is 7.11 Å². The van der Waals surface area contributed by atoms with Crippen LogP contribution in [-0.4, -0.2) is 47.6 Å². The third-order valence-corrected chi connectivity index (χ3v) is 6.57. The number of methoxy groups -OCH3 is 1. The summed E-state index contributed by atoms with van der Waals surface area (Å²) in [4.78, 5) is 18.4. The van der Waals surface area contributed by atoms with Crippen molar-refractivity contribution in [2.45, 2.75) is 45.7 Å². The van der Waals surface area contributed by atoms with Crippen LogP contribution >= 0.6 is 0 Å². The first-order valence-electron chi connectivity index (χ1n) is 11.3. The van der Waals surface area contributed by atoms with Gasteiger partial charge in [0.15, 0.2) is 0 Å². The van der Waals surface area contributed by atoms with Crippen LogP contribution in [0.3, 0.4) is 0 Å². The Kier molecular flexibility index (Phi) is 6.70. The second kappa shape index (κ2) is 9.65. The van der Waals surface area contributed by atoms with Gasteiger partial charge in [0.1, 0.15) is 5.75 Å². The van der Waals surface area contributed by atoms with Crippen molar-refractivity contribution in [2.75, 3.05) is 32.6 Å². The Balaban J connectivity index is 1.74. The molecule has 6 nitrogen and oxygen atoms in total. The lowest BCUT2D eigenvalue weighted by Gasteiger charge is -2.37. The molecule has 1 aliphatic rings. The molecular weight excluding hydrogens is 398 g/mol. The van der Waals surface area contributed by atoms with E-state index in [1.165, 1.54) is 29.5 Å². The van der Waals surface area contributed by atoms with E-state index in [-0.39, 0.29) is 6.04 Å². The van der Waals surface area contributed by atoms with Crippen LogP contribution in [0.1, 0.15) is 47.7 Å². The summed E-state index contributed by atoms with van der Waals surface area (Å²) in [6, 6.07) is 8.63. The molecule has 1 aliphatic heterocycles. The van der Waals surface area contributed by atoms with Gasteiger partial charge in [-0.3, -0.25) is 9.88 Å². The zero-order valence-electron chi connectivity index (χ0n) is 19.8. The molecule has 6 heteroatoms. The second-order valence-corrected chi connectivity index (χ2v) is 8.76. The highest BCUT2D eigenvalue weighted by molar-refractivity contribution is 5.66. The van der Waals surface area contributed by atoms with Crippen molar-refractivity contribution >= 4 is 5.95 Å². The molecule has 1 fully saturated rings. The zero-order chi connectivity index (χ0) is 22.7. The summed E-state index contributed by atoms with van der Waals surface area (Å²) in [5.74, 6) is 1.70. The Morgan fingerprint density at radius 3 is 2.56 bits per heavy atom. The molecule has 3 heterocycles. The van der Waals surface area contributed by atoms with E-state index in [9.17, 15) is 0 Å². The normalized spacial score (nSPS) is 16.7. The Hall–Kier alpha value is -2.99. The Morgan fingerprint density at radius 1 is 1.06 bits per heavy atom.